The standard InChI is InChI=1S/C11H10O2S/c1-7-5-9-10(14-7)4-3-8(6-12)11(9)13-2/h3-6H,1-2H3. The number of carbonyl (C=O) groups excluding carboxylic acids is 1. The number of benzene rings is 1. The fourth-order valence-electron chi connectivity index (χ4n) is 1.55. The molecule has 0 aliphatic carbocycles. The highest BCUT2D eigenvalue weighted by molar-refractivity contribution is 7.19. The zero-order valence-electron chi connectivity index (χ0n) is 8.03. The van der Waals surface area contributed by atoms with E-state index in [1.54, 1.807) is 24.5 Å². The van der Waals surface area contributed by atoms with Crippen molar-refractivity contribution in [2.75, 3.05) is 7.11 Å². The van der Waals surface area contributed by atoms with E-state index in [0.29, 0.717) is 11.3 Å². The van der Waals surface area contributed by atoms with Crippen LogP contribution in [0.5, 0.6) is 5.75 Å². The smallest absolute Gasteiger partial charge is 0.153 e. The average molecular weight is 206 g/mol. The van der Waals surface area contributed by atoms with Gasteiger partial charge in [-0.3, -0.25) is 4.79 Å². The number of methoxy groups -OCH3 is 1. The molecule has 2 aromatic rings. The summed E-state index contributed by atoms with van der Waals surface area (Å²) in [5, 5.41) is 1.03. The summed E-state index contributed by atoms with van der Waals surface area (Å²) in [6, 6.07) is 5.80. The number of hydrogen-bond donors (Lipinski definition) is 0. The van der Waals surface area contributed by atoms with Crippen LogP contribution >= 0.6 is 11.3 Å². The second-order valence-corrected chi connectivity index (χ2v) is 4.36. The summed E-state index contributed by atoms with van der Waals surface area (Å²) in [5.41, 5.74) is 0.609. The van der Waals surface area contributed by atoms with E-state index in [4.69, 9.17) is 4.74 Å². The van der Waals surface area contributed by atoms with Crippen LogP contribution in [0.15, 0.2) is 18.2 Å². The second-order valence-electron chi connectivity index (χ2n) is 3.07. The minimum Gasteiger partial charge on any atom is -0.495 e. The van der Waals surface area contributed by atoms with Gasteiger partial charge in [-0.2, -0.15) is 0 Å². The summed E-state index contributed by atoms with van der Waals surface area (Å²) in [4.78, 5) is 12.0. The fourth-order valence-corrected chi connectivity index (χ4v) is 2.47. The van der Waals surface area contributed by atoms with Crippen LogP contribution in [0.4, 0.5) is 0 Å². The molecule has 1 aromatic heterocycles. The molecule has 0 spiro atoms. The molecule has 72 valence electrons. The van der Waals surface area contributed by atoms with Crippen LogP contribution in [0.3, 0.4) is 0 Å². The lowest BCUT2D eigenvalue weighted by Crippen LogP contribution is -1.89. The van der Waals surface area contributed by atoms with Crippen molar-refractivity contribution in [3.8, 4) is 5.75 Å². The van der Waals surface area contributed by atoms with Gasteiger partial charge >= 0.3 is 0 Å². The SMILES string of the molecule is COc1c(C=O)ccc2sc(C)cc12. The van der Waals surface area contributed by atoms with Gasteiger partial charge < -0.3 is 4.74 Å². The minimum absolute atomic E-state index is 0.609. The Labute approximate surface area is 86.1 Å². The number of aryl methyl sites for hydroxylation is 1. The van der Waals surface area contributed by atoms with Crippen LogP contribution in [-0.4, -0.2) is 13.4 Å². The van der Waals surface area contributed by atoms with Gasteiger partial charge in [-0.1, -0.05) is 0 Å². The minimum atomic E-state index is 0.609. The van der Waals surface area contributed by atoms with Gasteiger partial charge in [-0.15, -0.1) is 11.3 Å². The summed E-state index contributed by atoms with van der Waals surface area (Å²) < 4.78 is 6.40. The van der Waals surface area contributed by atoms with E-state index in [-0.39, 0.29) is 0 Å². The first-order valence-corrected chi connectivity index (χ1v) is 5.10. The summed E-state index contributed by atoms with van der Waals surface area (Å²) in [6.45, 7) is 2.05. The molecule has 0 aliphatic heterocycles. The quantitative estimate of drug-likeness (QED) is 0.706. The van der Waals surface area contributed by atoms with Crippen LogP contribution < -0.4 is 4.74 Å². The molecule has 0 bridgehead atoms. The van der Waals surface area contributed by atoms with Crippen molar-refractivity contribution in [1.29, 1.82) is 0 Å². The Morgan fingerprint density at radius 1 is 1.43 bits per heavy atom. The van der Waals surface area contributed by atoms with Crippen molar-refractivity contribution in [3.05, 3.63) is 28.6 Å². The predicted molar refractivity (Wildman–Crippen MR) is 58.5 cm³/mol. The van der Waals surface area contributed by atoms with E-state index >= 15 is 0 Å². The molecule has 0 saturated carbocycles. The predicted octanol–water partition coefficient (Wildman–Crippen LogP) is 3.03. The number of carbonyl (C=O) groups is 1. The summed E-state index contributed by atoms with van der Waals surface area (Å²) in [7, 11) is 1.59. The van der Waals surface area contributed by atoms with Crippen LogP contribution in [0.1, 0.15) is 15.2 Å². The topological polar surface area (TPSA) is 26.3 Å². The largest absolute Gasteiger partial charge is 0.495 e. The Morgan fingerprint density at radius 2 is 2.21 bits per heavy atom. The highest BCUT2D eigenvalue weighted by Gasteiger charge is 2.09. The molecule has 14 heavy (non-hydrogen) atoms. The highest BCUT2D eigenvalue weighted by Crippen LogP contribution is 2.34. The van der Waals surface area contributed by atoms with Crippen LogP contribution in [0, 0.1) is 6.92 Å². The molecular formula is C11H10O2S. The van der Waals surface area contributed by atoms with Gasteiger partial charge in [-0.25, -0.2) is 0 Å². The molecule has 0 N–H and O–H groups in total. The molecule has 0 atom stereocenters. The Bertz CT molecular complexity index is 485. The molecule has 0 aliphatic rings. The fraction of sp³-hybridized carbons (Fsp3) is 0.182. The van der Waals surface area contributed by atoms with Crippen molar-refractivity contribution >= 4 is 27.7 Å². The molecule has 0 unspecified atom stereocenters. The third-order valence-corrected chi connectivity index (χ3v) is 3.15. The maximum absolute atomic E-state index is 10.8. The number of ether oxygens (including phenoxy) is 1. The van der Waals surface area contributed by atoms with Gasteiger partial charge in [0.15, 0.2) is 6.29 Å². The van der Waals surface area contributed by atoms with Crippen molar-refractivity contribution in [2.45, 2.75) is 6.92 Å². The third-order valence-electron chi connectivity index (χ3n) is 2.14. The Balaban J connectivity index is 2.82. The molecule has 1 heterocycles. The van der Waals surface area contributed by atoms with E-state index in [1.807, 2.05) is 19.1 Å². The van der Waals surface area contributed by atoms with Crippen LogP contribution in [0.25, 0.3) is 10.1 Å². The van der Waals surface area contributed by atoms with Crippen molar-refractivity contribution in [3.63, 3.8) is 0 Å². The van der Waals surface area contributed by atoms with Gasteiger partial charge in [0.25, 0.3) is 0 Å². The highest BCUT2D eigenvalue weighted by atomic mass is 32.1. The van der Waals surface area contributed by atoms with Crippen LogP contribution in [0.2, 0.25) is 0 Å². The molecule has 0 saturated heterocycles. The second kappa shape index (κ2) is 3.42. The third kappa shape index (κ3) is 1.30. The Morgan fingerprint density at radius 3 is 2.86 bits per heavy atom. The molecule has 0 amide bonds. The number of hydrogen-bond acceptors (Lipinski definition) is 3. The van der Waals surface area contributed by atoms with Crippen LogP contribution in [-0.2, 0) is 0 Å². The lowest BCUT2D eigenvalue weighted by Gasteiger charge is -2.03. The first-order valence-electron chi connectivity index (χ1n) is 4.28. The van der Waals surface area contributed by atoms with Crippen molar-refractivity contribution in [2.24, 2.45) is 0 Å². The maximum Gasteiger partial charge on any atom is 0.153 e. The molecule has 2 nitrogen and oxygen atoms in total. The molecule has 1 aromatic carbocycles. The number of rotatable bonds is 2. The van der Waals surface area contributed by atoms with Crippen molar-refractivity contribution in [1.82, 2.24) is 0 Å². The van der Waals surface area contributed by atoms with Gasteiger partial charge in [0.2, 0.25) is 0 Å². The average Bonchev–Trinajstić information content (AvgIpc) is 2.56. The van der Waals surface area contributed by atoms with Gasteiger partial charge in [0, 0.05) is 15.0 Å². The summed E-state index contributed by atoms with van der Waals surface area (Å²) >= 11 is 1.70. The first kappa shape index (κ1) is 9.21. The summed E-state index contributed by atoms with van der Waals surface area (Å²) in [5.74, 6) is 0.682. The van der Waals surface area contributed by atoms with E-state index in [1.165, 1.54) is 4.88 Å². The zero-order valence-corrected chi connectivity index (χ0v) is 8.85. The van der Waals surface area contributed by atoms with Crippen molar-refractivity contribution < 1.29 is 9.53 Å². The van der Waals surface area contributed by atoms with E-state index in [0.717, 1.165) is 16.4 Å². The lowest BCUT2D eigenvalue weighted by molar-refractivity contribution is 0.112. The summed E-state index contributed by atoms with van der Waals surface area (Å²) in [6.07, 6.45) is 0.825. The first-order chi connectivity index (χ1) is 6.76. The van der Waals surface area contributed by atoms with Gasteiger partial charge in [-0.05, 0) is 25.1 Å². The molecule has 0 fully saturated rings. The normalized spacial score (nSPS) is 10.4. The zero-order chi connectivity index (χ0) is 10.1. The van der Waals surface area contributed by atoms with E-state index < -0.39 is 0 Å². The van der Waals surface area contributed by atoms with Gasteiger partial charge in [0.05, 0.1) is 12.7 Å². The molecule has 2 rings (SSSR count). The maximum atomic E-state index is 10.8. The Hall–Kier alpha value is -1.35. The molecule has 0 radical (unpaired) electrons. The monoisotopic (exact) mass is 206 g/mol. The van der Waals surface area contributed by atoms with E-state index in [9.17, 15) is 4.79 Å². The number of thiophene rings is 1. The molecule has 3 heteroatoms. The number of fused-ring (bicyclic) bond motifs is 1. The van der Waals surface area contributed by atoms with Gasteiger partial charge in [0.1, 0.15) is 5.75 Å². The lowest BCUT2D eigenvalue weighted by atomic mass is 10.1. The Kier molecular flexibility index (Phi) is 2.25. The number of aldehydes is 1. The molecular weight excluding hydrogens is 196 g/mol. The van der Waals surface area contributed by atoms with E-state index in [2.05, 4.69) is 0 Å².